The zero-order chi connectivity index (χ0) is 14.9. The van der Waals surface area contributed by atoms with Crippen LogP contribution in [-0.4, -0.2) is 29.6 Å². The number of rotatable bonds is 5. The van der Waals surface area contributed by atoms with E-state index in [1.54, 1.807) is 0 Å². The molecular weight excluding hydrogens is 248 g/mol. The monoisotopic (exact) mass is 280 g/mol. The van der Waals surface area contributed by atoms with Crippen molar-refractivity contribution in [2.45, 2.75) is 78.9 Å². The predicted octanol–water partition coefficient (Wildman–Crippen LogP) is 3.40. The molecule has 3 nitrogen and oxygen atoms in total. The molecule has 1 N–H and O–H groups in total. The van der Waals surface area contributed by atoms with Crippen LogP contribution in [0.15, 0.2) is 0 Å². The zero-order valence-corrected chi connectivity index (χ0v) is 13.9. The van der Waals surface area contributed by atoms with Crippen LogP contribution in [0.25, 0.3) is 0 Å². The van der Waals surface area contributed by atoms with Gasteiger partial charge in [0, 0.05) is 6.54 Å². The highest BCUT2D eigenvalue weighted by Crippen LogP contribution is 2.35. The van der Waals surface area contributed by atoms with Gasteiger partial charge in [-0.1, -0.05) is 47.5 Å². The van der Waals surface area contributed by atoms with Crippen molar-refractivity contribution in [3.05, 3.63) is 0 Å². The first-order valence-corrected chi connectivity index (χ1v) is 8.42. The van der Waals surface area contributed by atoms with Gasteiger partial charge in [0.15, 0.2) is 0 Å². The Morgan fingerprint density at radius 2 is 1.90 bits per heavy atom. The van der Waals surface area contributed by atoms with Crippen LogP contribution in [0, 0.1) is 17.3 Å². The summed E-state index contributed by atoms with van der Waals surface area (Å²) in [6.07, 6.45) is 6.60. The van der Waals surface area contributed by atoms with E-state index in [4.69, 9.17) is 0 Å². The summed E-state index contributed by atoms with van der Waals surface area (Å²) in [5, 5.41) is 3.66. The van der Waals surface area contributed by atoms with Crippen LogP contribution in [0.2, 0.25) is 0 Å². The molecule has 1 amide bonds. The maximum absolute atomic E-state index is 12.8. The van der Waals surface area contributed by atoms with E-state index in [2.05, 4.69) is 44.8 Å². The largest absolute Gasteiger partial charge is 0.325 e. The van der Waals surface area contributed by atoms with Crippen LogP contribution >= 0.6 is 0 Å². The van der Waals surface area contributed by atoms with E-state index >= 15 is 0 Å². The SMILES string of the molecule is CCC(C)(C)CN1C(=O)C(C(C)C)NC1C1CCCC1. The van der Waals surface area contributed by atoms with Crippen molar-refractivity contribution < 1.29 is 4.79 Å². The Balaban J connectivity index is 2.16. The number of carbonyl (C=O) groups excluding carboxylic acids is 1. The van der Waals surface area contributed by atoms with Gasteiger partial charge in [-0.2, -0.15) is 0 Å². The lowest BCUT2D eigenvalue weighted by Crippen LogP contribution is -2.46. The van der Waals surface area contributed by atoms with Gasteiger partial charge in [0.2, 0.25) is 5.91 Å². The molecule has 0 aromatic rings. The predicted molar refractivity (Wildman–Crippen MR) is 83.3 cm³/mol. The zero-order valence-electron chi connectivity index (χ0n) is 13.9. The second-order valence-electron chi connectivity index (χ2n) is 7.86. The Hall–Kier alpha value is -0.570. The molecule has 0 spiro atoms. The Morgan fingerprint density at radius 1 is 1.30 bits per heavy atom. The van der Waals surface area contributed by atoms with Crippen LogP contribution in [0.5, 0.6) is 0 Å². The van der Waals surface area contributed by atoms with E-state index in [0.29, 0.717) is 17.7 Å². The van der Waals surface area contributed by atoms with Crippen molar-refractivity contribution >= 4 is 5.91 Å². The second kappa shape index (κ2) is 6.05. The van der Waals surface area contributed by atoms with Gasteiger partial charge in [0.05, 0.1) is 12.2 Å². The van der Waals surface area contributed by atoms with Crippen LogP contribution in [0.1, 0.15) is 66.7 Å². The molecule has 0 aromatic carbocycles. The van der Waals surface area contributed by atoms with Gasteiger partial charge in [0.25, 0.3) is 0 Å². The number of hydrogen-bond donors (Lipinski definition) is 1. The normalized spacial score (nSPS) is 28.9. The van der Waals surface area contributed by atoms with Crippen LogP contribution in [0.3, 0.4) is 0 Å². The summed E-state index contributed by atoms with van der Waals surface area (Å²) in [6.45, 7) is 12.0. The first-order chi connectivity index (χ1) is 9.35. The molecule has 1 saturated heterocycles. The Kier molecular flexibility index (Phi) is 4.78. The summed E-state index contributed by atoms with van der Waals surface area (Å²) in [5.74, 6) is 1.37. The van der Waals surface area contributed by atoms with Gasteiger partial charge < -0.3 is 4.90 Å². The van der Waals surface area contributed by atoms with Gasteiger partial charge >= 0.3 is 0 Å². The van der Waals surface area contributed by atoms with Crippen molar-refractivity contribution in [2.24, 2.45) is 17.3 Å². The fourth-order valence-corrected chi connectivity index (χ4v) is 3.55. The smallest absolute Gasteiger partial charge is 0.241 e. The number of amides is 1. The minimum atomic E-state index is 0.0215. The molecule has 0 aromatic heterocycles. The van der Waals surface area contributed by atoms with Gasteiger partial charge in [-0.05, 0) is 36.5 Å². The maximum Gasteiger partial charge on any atom is 0.241 e. The molecule has 3 heteroatoms. The number of nitrogens with one attached hydrogen (secondary N) is 1. The van der Waals surface area contributed by atoms with E-state index in [0.717, 1.165) is 13.0 Å². The van der Waals surface area contributed by atoms with Crippen LogP contribution in [-0.2, 0) is 4.79 Å². The molecule has 20 heavy (non-hydrogen) atoms. The summed E-state index contributed by atoms with van der Waals surface area (Å²) in [7, 11) is 0. The molecule has 1 aliphatic heterocycles. The molecule has 2 aliphatic rings. The molecule has 2 fully saturated rings. The molecule has 1 saturated carbocycles. The molecule has 2 atom stereocenters. The third-order valence-electron chi connectivity index (χ3n) is 5.30. The Bertz CT molecular complexity index is 345. The lowest BCUT2D eigenvalue weighted by atomic mass is 9.89. The van der Waals surface area contributed by atoms with E-state index < -0.39 is 0 Å². The highest BCUT2D eigenvalue weighted by atomic mass is 16.2. The highest BCUT2D eigenvalue weighted by Gasteiger charge is 2.45. The first kappa shape index (κ1) is 15.8. The Morgan fingerprint density at radius 3 is 2.40 bits per heavy atom. The summed E-state index contributed by atoms with van der Waals surface area (Å²) in [6, 6.07) is 0.0215. The average Bonchev–Trinajstić information content (AvgIpc) is 2.99. The van der Waals surface area contributed by atoms with E-state index in [1.165, 1.54) is 25.7 Å². The molecule has 2 unspecified atom stereocenters. The third-order valence-corrected chi connectivity index (χ3v) is 5.30. The molecule has 1 heterocycles. The molecule has 0 bridgehead atoms. The first-order valence-electron chi connectivity index (χ1n) is 8.42. The Labute approximate surface area is 124 Å². The number of hydrogen-bond acceptors (Lipinski definition) is 2. The van der Waals surface area contributed by atoms with Crippen molar-refractivity contribution in [3.8, 4) is 0 Å². The lowest BCUT2D eigenvalue weighted by molar-refractivity contribution is -0.132. The summed E-state index contributed by atoms with van der Waals surface area (Å²) >= 11 is 0. The fraction of sp³-hybridized carbons (Fsp3) is 0.941. The number of carbonyl (C=O) groups is 1. The highest BCUT2D eigenvalue weighted by molar-refractivity contribution is 5.84. The standard InChI is InChI=1S/C17H32N2O/c1-6-17(4,5)11-19-15(13-9-7-8-10-13)18-14(12(2)3)16(19)20/h12-15,18H,6-11H2,1-5H3. The average molecular weight is 280 g/mol. The van der Waals surface area contributed by atoms with E-state index in [9.17, 15) is 4.79 Å². The van der Waals surface area contributed by atoms with Crippen LogP contribution in [0.4, 0.5) is 0 Å². The topological polar surface area (TPSA) is 32.3 Å². The maximum atomic E-state index is 12.8. The van der Waals surface area contributed by atoms with E-state index in [1.807, 2.05) is 0 Å². The van der Waals surface area contributed by atoms with Crippen molar-refractivity contribution in [3.63, 3.8) is 0 Å². The molecular formula is C17H32N2O. The van der Waals surface area contributed by atoms with Gasteiger partial charge in [0.1, 0.15) is 0 Å². The van der Waals surface area contributed by atoms with Crippen molar-refractivity contribution in [2.75, 3.05) is 6.54 Å². The van der Waals surface area contributed by atoms with E-state index in [-0.39, 0.29) is 17.6 Å². The molecule has 0 radical (unpaired) electrons. The minimum Gasteiger partial charge on any atom is -0.325 e. The third kappa shape index (κ3) is 3.19. The quantitative estimate of drug-likeness (QED) is 0.837. The molecule has 116 valence electrons. The fourth-order valence-electron chi connectivity index (χ4n) is 3.55. The molecule has 2 rings (SSSR count). The van der Waals surface area contributed by atoms with Gasteiger partial charge in [-0.15, -0.1) is 0 Å². The number of nitrogens with zero attached hydrogens (tertiary/aromatic N) is 1. The lowest BCUT2D eigenvalue weighted by Gasteiger charge is -2.35. The summed E-state index contributed by atoms with van der Waals surface area (Å²) in [4.78, 5) is 14.9. The van der Waals surface area contributed by atoms with Crippen molar-refractivity contribution in [1.82, 2.24) is 10.2 Å². The second-order valence-corrected chi connectivity index (χ2v) is 7.86. The van der Waals surface area contributed by atoms with Crippen molar-refractivity contribution in [1.29, 1.82) is 0 Å². The van der Waals surface area contributed by atoms with Crippen LogP contribution < -0.4 is 5.32 Å². The summed E-state index contributed by atoms with van der Waals surface area (Å²) < 4.78 is 0. The molecule has 1 aliphatic carbocycles. The van der Waals surface area contributed by atoms with Gasteiger partial charge in [-0.25, -0.2) is 0 Å². The minimum absolute atomic E-state index is 0.0215. The van der Waals surface area contributed by atoms with Gasteiger partial charge in [-0.3, -0.25) is 10.1 Å². The summed E-state index contributed by atoms with van der Waals surface area (Å²) in [5.41, 5.74) is 0.208.